The number of likely N-dealkylation sites (tertiary alicyclic amines) is 1. The summed E-state index contributed by atoms with van der Waals surface area (Å²) in [5.41, 5.74) is 6.39. The molecule has 0 amide bonds. The molecule has 19 heavy (non-hydrogen) atoms. The fourth-order valence-corrected chi connectivity index (χ4v) is 4.40. The normalized spacial score (nSPS) is 38.1. The molecule has 1 saturated heterocycles. The molecule has 2 fully saturated rings. The lowest BCUT2D eigenvalue weighted by molar-refractivity contribution is -0.0914. The predicted molar refractivity (Wildman–Crippen MR) is 80.3 cm³/mol. The lowest BCUT2D eigenvalue weighted by atomic mass is 9.76. The van der Waals surface area contributed by atoms with Gasteiger partial charge in [0.15, 0.2) is 0 Å². The number of rotatable bonds is 4. The van der Waals surface area contributed by atoms with Gasteiger partial charge in [0, 0.05) is 19.7 Å². The first-order valence-electron chi connectivity index (χ1n) is 8.28. The summed E-state index contributed by atoms with van der Waals surface area (Å²) < 4.78 is 5.86. The minimum atomic E-state index is 0.109. The van der Waals surface area contributed by atoms with Gasteiger partial charge in [-0.3, -0.25) is 4.90 Å². The van der Waals surface area contributed by atoms with Crippen LogP contribution in [0, 0.1) is 0 Å². The molecule has 2 N–H and O–H groups in total. The van der Waals surface area contributed by atoms with Crippen molar-refractivity contribution in [2.75, 3.05) is 20.2 Å². The highest BCUT2D eigenvalue weighted by Gasteiger charge is 2.46. The molecular formula is C16H32N2O. The summed E-state index contributed by atoms with van der Waals surface area (Å²) in [6, 6.07) is 0.710. The molecule has 1 saturated carbocycles. The van der Waals surface area contributed by atoms with Crippen LogP contribution in [0.25, 0.3) is 0 Å². The van der Waals surface area contributed by atoms with Crippen LogP contribution >= 0.6 is 0 Å². The number of hydrogen-bond acceptors (Lipinski definition) is 3. The SMILES string of the molecule is CCC1CCCCCN1C1(CN)CCCCC1OC. The van der Waals surface area contributed by atoms with E-state index in [9.17, 15) is 0 Å². The molecule has 3 nitrogen and oxygen atoms in total. The first-order chi connectivity index (χ1) is 9.28. The van der Waals surface area contributed by atoms with E-state index < -0.39 is 0 Å². The van der Waals surface area contributed by atoms with E-state index in [1.54, 1.807) is 0 Å². The van der Waals surface area contributed by atoms with E-state index in [4.69, 9.17) is 10.5 Å². The van der Waals surface area contributed by atoms with Gasteiger partial charge in [-0.05, 0) is 38.6 Å². The summed E-state index contributed by atoms with van der Waals surface area (Å²) in [4.78, 5) is 2.76. The lowest BCUT2D eigenvalue weighted by Gasteiger charge is -2.52. The monoisotopic (exact) mass is 268 g/mol. The van der Waals surface area contributed by atoms with Crippen molar-refractivity contribution in [2.45, 2.75) is 82.4 Å². The zero-order valence-electron chi connectivity index (χ0n) is 12.9. The summed E-state index contributed by atoms with van der Waals surface area (Å²) in [6.45, 7) is 4.30. The third kappa shape index (κ3) is 2.98. The summed E-state index contributed by atoms with van der Waals surface area (Å²) in [6.07, 6.45) is 12.0. The molecule has 0 spiro atoms. The Labute approximate surface area is 118 Å². The Balaban J connectivity index is 2.25. The molecule has 2 rings (SSSR count). The van der Waals surface area contributed by atoms with Gasteiger partial charge in [0.25, 0.3) is 0 Å². The van der Waals surface area contributed by atoms with Gasteiger partial charge < -0.3 is 10.5 Å². The van der Waals surface area contributed by atoms with Crippen molar-refractivity contribution in [2.24, 2.45) is 5.73 Å². The molecule has 0 aromatic rings. The molecule has 0 aromatic heterocycles. The highest BCUT2D eigenvalue weighted by Crippen LogP contribution is 2.38. The van der Waals surface area contributed by atoms with E-state index >= 15 is 0 Å². The second-order valence-corrected chi connectivity index (χ2v) is 6.38. The molecule has 0 bridgehead atoms. The second-order valence-electron chi connectivity index (χ2n) is 6.38. The number of methoxy groups -OCH3 is 1. The van der Waals surface area contributed by atoms with Crippen LogP contribution in [0.5, 0.6) is 0 Å². The Bertz CT molecular complexity index is 271. The average Bonchev–Trinajstić information content (AvgIpc) is 2.72. The third-order valence-corrected chi connectivity index (χ3v) is 5.48. The topological polar surface area (TPSA) is 38.5 Å². The quantitative estimate of drug-likeness (QED) is 0.852. The first kappa shape index (κ1) is 15.3. The second kappa shape index (κ2) is 7.05. The van der Waals surface area contributed by atoms with Crippen molar-refractivity contribution >= 4 is 0 Å². The molecule has 1 heterocycles. The fraction of sp³-hybridized carbons (Fsp3) is 1.00. The maximum Gasteiger partial charge on any atom is 0.0767 e. The van der Waals surface area contributed by atoms with E-state index in [1.807, 2.05) is 7.11 Å². The maximum absolute atomic E-state index is 6.28. The lowest BCUT2D eigenvalue weighted by Crippen LogP contribution is -2.65. The van der Waals surface area contributed by atoms with Gasteiger partial charge in [0.2, 0.25) is 0 Å². The predicted octanol–water partition coefficient (Wildman–Crippen LogP) is 2.93. The Kier molecular flexibility index (Phi) is 5.67. The van der Waals surface area contributed by atoms with E-state index in [1.165, 1.54) is 64.3 Å². The number of nitrogens with two attached hydrogens (primary N) is 1. The molecule has 2 aliphatic rings. The van der Waals surface area contributed by atoms with Crippen LogP contribution in [-0.4, -0.2) is 42.8 Å². The Morgan fingerprint density at radius 3 is 2.63 bits per heavy atom. The number of ether oxygens (including phenoxy) is 1. The molecule has 3 unspecified atom stereocenters. The summed E-state index contributed by atoms with van der Waals surface area (Å²) in [5, 5.41) is 0. The van der Waals surface area contributed by atoms with Crippen LogP contribution in [0.1, 0.15) is 64.7 Å². The molecular weight excluding hydrogens is 236 g/mol. The molecule has 3 atom stereocenters. The molecule has 1 aliphatic heterocycles. The van der Waals surface area contributed by atoms with Crippen molar-refractivity contribution in [1.29, 1.82) is 0 Å². The van der Waals surface area contributed by atoms with Crippen molar-refractivity contribution in [1.82, 2.24) is 4.90 Å². The average molecular weight is 268 g/mol. The van der Waals surface area contributed by atoms with Gasteiger partial charge in [-0.15, -0.1) is 0 Å². The van der Waals surface area contributed by atoms with Gasteiger partial charge in [-0.2, -0.15) is 0 Å². The van der Waals surface area contributed by atoms with Gasteiger partial charge in [-0.1, -0.05) is 32.6 Å². The van der Waals surface area contributed by atoms with Crippen molar-refractivity contribution in [3.05, 3.63) is 0 Å². The van der Waals surface area contributed by atoms with E-state index in [-0.39, 0.29) is 5.54 Å². The minimum absolute atomic E-state index is 0.109. The largest absolute Gasteiger partial charge is 0.379 e. The highest BCUT2D eigenvalue weighted by molar-refractivity contribution is 5.03. The van der Waals surface area contributed by atoms with Crippen molar-refractivity contribution in [3.63, 3.8) is 0 Å². The van der Waals surface area contributed by atoms with Gasteiger partial charge in [-0.25, -0.2) is 0 Å². The fourth-order valence-electron chi connectivity index (χ4n) is 4.40. The van der Waals surface area contributed by atoms with Crippen LogP contribution in [0.4, 0.5) is 0 Å². The number of nitrogens with zero attached hydrogens (tertiary/aromatic N) is 1. The smallest absolute Gasteiger partial charge is 0.0767 e. The summed E-state index contributed by atoms with van der Waals surface area (Å²) in [5.74, 6) is 0. The molecule has 3 heteroatoms. The zero-order valence-corrected chi connectivity index (χ0v) is 12.9. The third-order valence-electron chi connectivity index (χ3n) is 5.48. The summed E-state index contributed by atoms with van der Waals surface area (Å²) in [7, 11) is 1.87. The molecule has 112 valence electrons. The van der Waals surface area contributed by atoms with Crippen molar-refractivity contribution in [3.8, 4) is 0 Å². The van der Waals surface area contributed by atoms with Gasteiger partial charge >= 0.3 is 0 Å². The Morgan fingerprint density at radius 1 is 1.16 bits per heavy atom. The summed E-state index contributed by atoms with van der Waals surface area (Å²) >= 11 is 0. The zero-order chi connectivity index (χ0) is 13.7. The first-order valence-corrected chi connectivity index (χ1v) is 8.28. The van der Waals surface area contributed by atoms with Crippen LogP contribution < -0.4 is 5.73 Å². The minimum Gasteiger partial charge on any atom is -0.379 e. The Hall–Kier alpha value is -0.120. The van der Waals surface area contributed by atoms with Crippen LogP contribution in [0.2, 0.25) is 0 Å². The van der Waals surface area contributed by atoms with Gasteiger partial charge in [0.1, 0.15) is 0 Å². The molecule has 0 aromatic carbocycles. The van der Waals surface area contributed by atoms with Crippen LogP contribution in [0.3, 0.4) is 0 Å². The van der Waals surface area contributed by atoms with E-state index in [0.717, 1.165) is 6.54 Å². The molecule has 0 radical (unpaired) electrons. The van der Waals surface area contributed by atoms with Crippen molar-refractivity contribution < 1.29 is 4.74 Å². The highest BCUT2D eigenvalue weighted by atomic mass is 16.5. The van der Waals surface area contributed by atoms with Crippen LogP contribution in [-0.2, 0) is 4.74 Å². The van der Waals surface area contributed by atoms with Gasteiger partial charge in [0.05, 0.1) is 11.6 Å². The Morgan fingerprint density at radius 2 is 1.95 bits per heavy atom. The standard InChI is InChI=1S/C16H32N2O/c1-3-14-9-5-4-8-12-18(14)16(13-17)11-7-6-10-15(16)19-2/h14-15H,3-13,17H2,1-2H3. The van der Waals surface area contributed by atoms with Crippen LogP contribution in [0.15, 0.2) is 0 Å². The van der Waals surface area contributed by atoms with E-state index in [2.05, 4.69) is 11.8 Å². The molecule has 1 aliphatic carbocycles. The maximum atomic E-state index is 6.28. The van der Waals surface area contributed by atoms with E-state index in [0.29, 0.717) is 12.1 Å². The number of hydrogen-bond donors (Lipinski definition) is 1.